The van der Waals surface area contributed by atoms with E-state index in [9.17, 15) is 4.79 Å². The van der Waals surface area contributed by atoms with Crippen molar-refractivity contribution in [2.75, 3.05) is 5.32 Å². The molecule has 0 saturated carbocycles. The SMILES string of the molecule is O=C(O)Nc1cnn2ccccc12. The molecule has 0 fully saturated rings. The fourth-order valence-electron chi connectivity index (χ4n) is 1.15. The molecule has 0 unspecified atom stereocenters. The van der Waals surface area contributed by atoms with Crippen LogP contribution in [0.2, 0.25) is 0 Å². The molecule has 0 aliphatic heterocycles. The van der Waals surface area contributed by atoms with E-state index in [2.05, 4.69) is 10.4 Å². The van der Waals surface area contributed by atoms with Gasteiger partial charge in [-0.25, -0.2) is 9.31 Å². The van der Waals surface area contributed by atoms with Gasteiger partial charge in [-0.3, -0.25) is 5.32 Å². The molecule has 13 heavy (non-hydrogen) atoms. The molecule has 0 radical (unpaired) electrons. The molecule has 2 aromatic heterocycles. The fourth-order valence-corrected chi connectivity index (χ4v) is 1.15. The van der Waals surface area contributed by atoms with E-state index in [1.165, 1.54) is 6.20 Å². The Hall–Kier alpha value is -2.04. The molecular weight excluding hydrogens is 170 g/mol. The van der Waals surface area contributed by atoms with Gasteiger partial charge in [0.2, 0.25) is 0 Å². The molecule has 0 aliphatic rings. The number of aromatic nitrogens is 2. The molecule has 0 spiro atoms. The number of carbonyl (C=O) groups is 1. The molecule has 0 aromatic carbocycles. The van der Waals surface area contributed by atoms with Crippen LogP contribution in [-0.2, 0) is 0 Å². The Morgan fingerprint density at radius 3 is 3.15 bits per heavy atom. The van der Waals surface area contributed by atoms with Crippen LogP contribution in [0, 0.1) is 0 Å². The third kappa shape index (κ3) is 1.31. The van der Waals surface area contributed by atoms with Crippen LogP contribution in [-0.4, -0.2) is 20.8 Å². The largest absolute Gasteiger partial charge is 0.465 e. The molecule has 0 saturated heterocycles. The molecule has 2 heterocycles. The van der Waals surface area contributed by atoms with Gasteiger partial charge in [-0.2, -0.15) is 5.10 Å². The van der Waals surface area contributed by atoms with Crippen molar-refractivity contribution < 1.29 is 9.90 Å². The minimum Gasteiger partial charge on any atom is -0.465 e. The Bertz CT molecular complexity index is 449. The van der Waals surface area contributed by atoms with Crippen molar-refractivity contribution in [3.63, 3.8) is 0 Å². The van der Waals surface area contributed by atoms with Crippen LogP contribution in [0.1, 0.15) is 0 Å². The molecule has 5 heteroatoms. The summed E-state index contributed by atoms with van der Waals surface area (Å²) in [6.45, 7) is 0. The molecule has 5 nitrogen and oxygen atoms in total. The number of fused-ring (bicyclic) bond motifs is 1. The summed E-state index contributed by atoms with van der Waals surface area (Å²) in [6, 6.07) is 5.44. The van der Waals surface area contributed by atoms with E-state index >= 15 is 0 Å². The predicted octanol–water partition coefficient (Wildman–Crippen LogP) is 1.42. The summed E-state index contributed by atoms with van der Waals surface area (Å²) in [5, 5.41) is 14.7. The quantitative estimate of drug-likeness (QED) is 0.692. The van der Waals surface area contributed by atoms with E-state index < -0.39 is 6.09 Å². The first kappa shape index (κ1) is 7.60. The molecule has 1 amide bonds. The normalized spacial score (nSPS) is 10.2. The number of hydrogen-bond acceptors (Lipinski definition) is 2. The molecule has 0 bridgehead atoms. The summed E-state index contributed by atoms with van der Waals surface area (Å²) in [5.41, 5.74) is 1.23. The van der Waals surface area contributed by atoms with Gasteiger partial charge in [-0.1, -0.05) is 6.07 Å². The first-order valence-corrected chi connectivity index (χ1v) is 3.70. The highest BCUT2D eigenvalue weighted by Crippen LogP contribution is 2.14. The van der Waals surface area contributed by atoms with E-state index in [1.54, 1.807) is 16.8 Å². The zero-order valence-electron chi connectivity index (χ0n) is 6.64. The number of pyridine rings is 1. The van der Waals surface area contributed by atoms with Crippen molar-refractivity contribution in [3.8, 4) is 0 Å². The average Bonchev–Trinajstić information content (AvgIpc) is 2.48. The monoisotopic (exact) mass is 177 g/mol. The number of nitrogens with one attached hydrogen (secondary N) is 1. The van der Waals surface area contributed by atoms with Gasteiger partial charge in [-0.15, -0.1) is 0 Å². The minimum absolute atomic E-state index is 0.494. The number of anilines is 1. The summed E-state index contributed by atoms with van der Waals surface area (Å²) in [5.74, 6) is 0. The van der Waals surface area contributed by atoms with E-state index in [0.29, 0.717) is 5.69 Å². The van der Waals surface area contributed by atoms with Gasteiger partial charge in [-0.05, 0) is 12.1 Å². The second-order valence-corrected chi connectivity index (χ2v) is 2.52. The predicted molar refractivity (Wildman–Crippen MR) is 46.8 cm³/mol. The standard InChI is InChI=1S/C8H7N3O2/c12-8(13)10-6-5-9-11-4-2-1-3-7(6)11/h1-5,10H,(H,12,13). The first-order chi connectivity index (χ1) is 6.27. The van der Waals surface area contributed by atoms with Crippen molar-refractivity contribution in [3.05, 3.63) is 30.6 Å². The number of carboxylic acid groups (broad SMARTS) is 1. The Labute approximate surface area is 73.6 Å². The highest BCUT2D eigenvalue weighted by molar-refractivity contribution is 5.89. The second kappa shape index (κ2) is 2.78. The van der Waals surface area contributed by atoms with Gasteiger partial charge in [0.25, 0.3) is 0 Å². The lowest BCUT2D eigenvalue weighted by Gasteiger charge is -1.96. The maximum absolute atomic E-state index is 10.4. The van der Waals surface area contributed by atoms with Crippen molar-refractivity contribution in [2.24, 2.45) is 0 Å². The van der Waals surface area contributed by atoms with E-state index in [1.807, 2.05) is 12.1 Å². The number of amides is 1. The van der Waals surface area contributed by atoms with Crippen molar-refractivity contribution in [1.29, 1.82) is 0 Å². The van der Waals surface area contributed by atoms with Crippen molar-refractivity contribution >= 4 is 17.3 Å². The van der Waals surface area contributed by atoms with Crippen LogP contribution in [0.5, 0.6) is 0 Å². The summed E-state index contributed by atoms with van der Waals surface area (Å²) in [6.07, 6.45) is 2.14. The third-order valence-electron chi connectivity index (χ3n) is 1.67. The Morgan fingerprint density at radius 2 is 2.38 bits per heavy atom. The smallest absolute Gasteiger partial charge is 0.409 e. The van der Waals surface area contributed by atoms with E-state index in [4.69, 9.17) is 5.11 Å². The van der Waals surface area contributed by atoms with Crippen LogP contribution < -0.4 is 5.32 Å². The third-order valence-corrected chi connectivity index (χ3v) is 1.67. The Kier molecular flexibility index (Phi) is 1.63. The van der Waals surface area contributed by atoms with E-state index in [-0.39, 0.29) is 0 Å². The molecule has 2 N–H and O–H groups in total. The summed E-state index contributed by atoms with van der Waals surface area (Å²) >= 11 is 0. The lowest BCUT2D eigenvalue weighted by Crippen LogP contribution is -2.06. The highest BCUT2D eigenvalue weighted by atomic mass is 16.4. The molecular formula is C8H7N3O2. The maximum atomic E-state index is 10.4. The maximum Gasteiger partial charge on any atom is 0.409 e. The van der Waals surface area contributed by atoms with Gasteiger partial charge in [0.15, 0.2) is 0 Å². The number of hydrogen-bond donors (Lipinski definition) is 2. The lowest BCUT2D eigenvalue weighted by atomic mass is 10.4. The van der Waals surface area contributed by atoms with Gasteiger partial charge < -0.3 is 5.11 Å². The lowest BCUT2D eigenvalue weighted by molar-refractivity contribution is 0.210. The van der Waals surface area contributed by atoms with Crippen LogP contribution in [0.15, 0.2) is 30.6 Å². The highest BCUT2D eigenvalue weighted by Gasteiger charge is 2.04. The molecule has 66 valence electrons. The minimum atomic E-state index is -1.08. The number of rotatable bonds is 1. The molecule has 0 atom stereocenters. The van der Waals surface area contributed by atoms with Gasteiger partial charge in [0.05, 0.1) is 17.4 Å². The first-order valence-electron chi connectivity index (χ1n) is 3.70. The van der Waals surface area contributed by atoms with Gasteiger partial charge in [0.1, 0.15) is 0 Å². The average molecular weight is 177 g/mol. The molecule has 2 aromatic rings. The zero-order valence-corrected chi connectivity index (χ0v) is 6.64. The number of nitrogens with zero attached hydrogens (tertiary/aromatic N) is 2. The fraction of sp³-hybridized carbons (Fsp3) is 0. The Morgan fingerprint density at radius 1 is 1.54 bits per heavy atom. The molecule has 2 rings (SSSR count). The van der Waals surface area contributed by atoms with E-state index in [0.717, 1.165) is 5.52 Å². The van der Waals surface area contributed by atoms with Gasteiger partial charge >= 0.3 is 6.09 Å². The summed E-state index contributed by atoms with van der Waals surface area (Å²) in [4.78, 5) is 10.4. The van der Waals surface area contributed by atoms with Crippen molar-refractivity contribution in [2.45, 2.75) is 0 Å². The van der Waals surface area contributed by atoms with Gasteiger partial charge in [0, 0.05) is 6.20 Å². The van der Waals surface area contributed by atoms with Crippen molar-refractivity contribution in [1.82, 2.24) is 9.61 Å². The van der Waals surface area contributed by atoms with Crippen LogP contribution in [0.3, 0.4) is 0 Å². The summed E-state index contributed by atoms with van der Waals surface area (Å²) in [7, 11) is 0. The zero-order chi connectivity index (χ0) is 9.26. The van der Waals surface area contributed by atoms with Crippen LogP contribution >= 0.6 is 0 Å². The van der Waals surface area contributed by atoms with Crippen LogP contribution in [0.4, 0.5) is 10.5 Å². The Balaban J connectivity index is 2.51. The topological polar surface area (TPSA) is 66.6 Å². The second-order valence-electron chi connectivity index (χ2n) is 2.52. The molecule has 0 aliphatic carbocycles. The van der Waals surface area contributed by atoms with Crippen LogP contribution in [0.25, 0.3) is 5.52 Å². The summed E-state index contributed by atoms with van der Waals surface area (Å²) < 4.78 is 1.60.